The highest BCUT2D eigenvalue weighted by molar-refractivity contribution is 7.92. The summed E-state index contributed by atoms with van der Waals surface area (Å²) in [4.78, 5) is 0. The molecule has 104 valence electrons. The van der Waals surface area contributed by atoms with Crippen LogP contribution in [0.2, 0.25) is 0 Å². The van der Waals surface area contributed by atoms with E-state index in [0.29, 0.717) is 11.3 Å². The summed E-state index contributed by atoms with van der Waals surface area (Å²) in [5.74, 6) is 0.178. The Morgan fingerprint density at radius 3 is 2.15 bits per heavy atom. The fraction of sp³-hybridized carbons (Fsp3) is 0.0667. The van der Waals surface area contributed by atoms with Crippen LogP contribution in [0.1, 0.15) is 11.1 Å². The first-order chi connectivity index (χ1) is 9.46. The predicted octanol–water partition coefficient (Wildman–Crippen LogP) is 2.93. The maximum atomic E-state index is 11.3. The van der Waals surface area contributed by atoms with Crippen LogP contribution in [0, 0.1) is 0 Å². The van der Waals surface area contributed by atoms with Crippen molar-refractivity contribution in [1.82, 2.24) is 0 Å². The molecule has 0 atom stereocenters. The van der Waals surface area contributed by atoms with Crippen molar-refractivity contribution in [3.8, 4) is 5.75 Å². The summed E-state index contributed by atoms with van der Waals surface area (Å²) in [6.45, 7) is 0. The van der Waals surface area contributed by atoms with Crippen molar-refractivity contribution in [2.45, 2.75) is 0 Å². The molecular weight excluding hydrogens is 274 g/mol. The summed E-state index contributed by atoms with van der Waals surface area (Å²) in [5, 5.41) is 9.68. The highest BCUT2D eigenvalue weighted by Crippen LogP contribution is 2.22. The molecule has 0 aliphatic carbocycles. The molecule has 0 aliphatic heterocycles. The van der Waals surface area contributed by atoms with Gasteiger partial charge in [-0.15, -0.1) is 0 Å². The topological polar surface area (TPSA) is 66.4 Å². The second-order valence-corrected chi connectivity index (χ2v) is 6.10. The number of hydrogen-bond acceptors (Lipinski definition) is 3. The van der Waals surface area contributed by atoms with Gasteiger partial charge < -0.3 is 5.11 Å². The van der Waals surface area contributed by atoms with Crippen molar-refractivity contribution < 1.29 is 13.5 Å². The van der Waals surface area contributed by atoms with E-state index in [-0.39, 0.29) is 5.75 Å². The van der Waals surface area contributed by atoms with Crippen LogP contribution >= 0.6 is 0 Å². The van der Waals surface area contributed by atoms with Gasteiger partial charge in [-0.1, -0.05) is 48.6 Å². The summed E-state index contributed by atoms with van der Waals surface area (Å²) in [7, 11) is -3.32. The van der Waals surface area contributed by atoms with E-state index in [9.17, 15) is 13.5 Å². The smallest absolute Gasteiger partial charge is 0.229 e. The van der Waals surface area contributed by atoms with Gasteiger partial charge in [-0.05, 0) is 17.7 Å². The molecule has 0 fully saturated rings. The maximum Gasteiger partial charge on any atom is 0.229 e. The number of phenols is 1. The highest BCUT2D eigenvalue weighted by Gasteiger charge is 2.04. The van der Waals surface area contributed by atoms with E-state index in [1.165, 1.54) is 0 Å². The van der Waals surface area contributed by atoms with Gasteiger partial charge in [-0.2, -0.15) is 0 Å². The summed E-state index contributed by atoms with van der Waals surface area (Å²) < 4.78 is 25.1. The Balaban J connectivity index is 2.32. The molecule has 0 unspecified atom stereocenters. The lowest BCUT2D eigenvalue weighted by atomic mass is 10.1. The molecule has 2 aromatic carbocycles. The molecule has 2 aromatic rings. The molecule has 4 nitrogen and oxygen atoms in total. The van der Waals surface area contributed by atoms with Gasteiger partial charge in [0.25, 0.3) is 0 Å². The molecule has 0 amide bonds. The first-order valence-electron chi connectivity index (χ1n) is 5.98. The standard InChI is InChI=1S/C15H15NO3S/c1-20(18,19)16-14-8-4-2-6-12(14)10-11-13-7-3-5-9-15(13)17/h2-11,16-17H,1H3/b11-10+. The quantitative estimate of drug-likeness (QED) is 0.850. The summed E-state index contributed by atoms with van der Waals surface area (Å²) in [6.07, 6.45) is 4.59. The first kappa shape index (κ1) is 14.1. The molecule has 0 heterocycles. The minimum Gasteiger partial charge on any atom is -0.507 e. The lowest BCUT2D eigenvalue weighted by Gasteiger charge is -2.07. The molecule has 0 saturated carbocycles. The average molecular weight is 289 g/mol. The van der Waals surface area contributed by atoms with Crippen LogP contribution in [-0.4, -0.2) is 19.8 Å². The largest absolute Gasteiger partial charge is 0.507 e. The van der Waals surface area contributed by atoms with Crippen LogP contribution in [0.15, 0.2) is 48.5 Å². The summed E-state index contributed by atoms with van der Waals surface area (Å²) in [5.41, 5.74) is 1.89. The molecule has 0 bridgehead atoms. The van der Waals surface area contributed by atoms with E-state index < -0.39 is 10.0 Å². The van der Waals surface area contributed by atoms with Gasteiger partial charge in [0.2, 0.25) is 10.0 Å². The van der Waals surface area contributed by atoms with E-state index in [2.05, 4.69) is 4.72 Å². The van der Waals surface area contributed by atoms with Crippen LogP contribution in [0.25, 0.3) is 12.2 Å². The van der Waals surface area contributed by atoms with E-state index in [1.807, 2.05) is 12.1 Å². The fourth-order valence-electron chi connectivity index (χ4n) is 1.74. The van der Waals surface area contributed by atoms with Crippen LogP contribution in [-0.2, 0) is 10.0 Å². The van der Waals surface area contributed by atoms with E-state index in [4.69, 9.17) is 0 Å². The Bertz CT molecular complexity index is 736. The lowest BCUT2D eigenvalue weighted by Crippen LogP contribution is -2.10. The number of hydrogen-bond donors (Lipinski definition) is 2. The Hall–Kier alpha value is -2.27. The predicted molar refractivity (Wildman–Crippen MR) is 81.9 cm³/mol. The van der Waals surface area contributed by atoms with Crippen LogP contribution in [0.4, 0.5) is 5.69 Å². The normalized spacial score (nSPS) is 11.7. The van der Waals surface area contributed by atoms with Gasteiger partial charge in [-0.3, -0.25) is 4.72 Å². The first-order valence-corrected chi connectivity index (χ1v) is 7.88. The van der Waals surface area contributed by atoms with Gasteiger partial charge in [0.05, 0.1) is 11.9 Å². The molecule has 0 aromatic heterocycles. The van der Waals surface area contributed by atoms with Crippen molar-refractivity contribution >= 4 is 27.9 Å². The monoisotopic (exact) mass is 289 g/mol. The molecule has 0 saturated heterocycles. The zero-order chi connectivity index (χ0) is 14.6. The number of phenolic OH excluding ortho intramolecular Hbond substituents is 1. The minimum absolute atomic E-state index is 0.178. The van der Waals surface area contributed by atoms with E-state index >= 15 is 0 Å². The summed E-state index contributed by atoms with van der Waals surface area (Å²) in [6, 6.07) is 14.0. The third kappa shape index (κ3) is 3.86. The number of para-hydroxylation sites is 2. The lowest BCUT2D eigenvalue weighted by molar-refractivity contribution is 0.474. The van der Waals surface area contributed by atoms with Gasteiger partial charge in [-0.25, -0.2) is 8.42 Å². The molecule has 0 spiro atoms. The number of sulfonamides is 1. The second kappa shape index (κ2) is 5.79. The van der Waals surface area contributed by atoms with Gasteiger partial charge >= 0.3 is 0 Å². The average Bonchev–Trinajstić information content (AvgIpc) is 2.37. The number of rotatable bonds is 4. The number of aromatic hydroxyl groups is 1. The van der Waals surface area contributed by atoms with Gasteiger partial charge in [0, 0.05) is 5.56 Å². The zero-order valence-electron chi connectivity index (χ0n) is 10.9. The number of benzene rings is 2. The molecule has 2 rings (SSSR count). The number of anilines is 1. The SMILES string of the molecule is CS(=O)(=O)Nc1ccccc1/C=C/c1ccccc1O. The Labute approximate surface area is 118 Å². The van der Waals surface area contributed by atoms with Crippen molar-refractivity contribution in [2.75, 3.05) is 11.0 Å². The Kier molecular flexibility index (Phi) is 4.10. The maximum absolute atomic E-state index is 11.3. The molecule has 5 heteroatoms. The van der Waals surface area contributed by atoms with Crippen molar-refractivity contribution in [1.29, 1.82) is 0 Å². The molecule has 20 heavy (non-hydrogen) atoms. The van der Waals surface area contributed by atoms with E-state index in [0.717, 1.165) is 11.8 Å². The molecular formula is C15H15NO3S. The third-order valence-electron chi connectivity index (χ3n) is 2.64. The van der Waals surface area contributed by atoms with E-state index in [1.54, 1.807) is 48.6 Å². The molecule has 2 N–H and O–H groups in total. The minimum atomic E-state index is -3.32. The second-order valence-electron chi connectivity index (χ2n) is 4.35. The van der Waals surface area contributed by atoms with Crippen LogP contribution < -0.4 is 4.72 Å². The Morgan fingerprint density at radius 1 is 0.950 bits per heavy atom. The fourth-order valence-corrected chi connectivity index (χ4v) is 2.33. The van der Waals surface area contributed by atoms with Crippen LogP contribution in [0.3, 0.4) is 0 Å². The third-order valence-corrected chi connectivity index (χ3v) is 3.23. The zero-order valence-corrected chi connectivity index (χ0v) is 11.8. The highest BCUT2D eigenvalue weighted by atomic mass is 32.2. The number of nitrogens with one attached hydrogen (secondary N) is 1. The molecule has 0 radical (unpaired) electrons. The molecule has 0 aliphatic rings. The van der Waals surface area contributed by atoms with Crippen molar-refractivity contribution in [3.05, 3.63) is 59.7 Å². The van der Waals surface area contributed by atoms with Crippen LogP contribution in [0.5, 0.6) is 5.75 Å². The van der Waals surface area contributed by atoms with Crippen molar-refractivity contribution in [3.63, 3.8) is 0 Å². The Morgan fingerprint density at radius 2 is 1.50 bits per heavy atom. The van der Waals surface area contributed by atoms with Gasteiger partial charge in [0.1, 0.15) is 5.75 Å². The van der Waals surface area contributed by atoms with Crippen molar-refractivity contribution in [2.24, 2.45) is 0 Å². The summed E-state index contributed by atoms with van der Waals surface area (Å²) >= 11 is 0. The van der Waals surface area contributed by atoms with Gasteiger partial charge in [0.15, 0.2) is 0 Å².